The molecule has 1 aliphatic rings. The zero-order valence-electron chi connectivity index (χ0n) is 20.3. The van der Waals surface area contributed by atoms with Crippen LogP contribution in [0.3, 0.4) is 0 Å². The number of aromatic nitrogens is 6. The van der Waals surface area contributed by atoms with Gasteiger partial charge in [0.15, 0.2) is 11.5 Å². The molecule has 11 nitrogen and oxygen atoms in total. The van der Waals surface area contributed by atoms with Gasteiger partial charge in [0, 0.05) is 50.3 Å². The van der Waals surface area contributed by atoms with Gasteiger partial charge in [-0.1, -0.05) is 6.58 Å². The Labute approximate surface area is 212 Å². The van der Waals surface area contributed by atoms with Crippen molar-refractivity contribution >= 4 is 34.3 Å². The Balaban J connectivity index is 1.22. The van der Waals surface area contributed by atoms with Gasteiger partial charge in [-0.05, 0) is 48.9 Å². The van der Waals surface area contributed by atoms with E-state index in [0.717, 1.165) is 46.9 Å². The molecule has 6 rings (SSSR count). The number of pyridine rings is 1. The van der Waals surface area contributed by atoms with Gasteiger partial charge in [-0.2, -0.15) is 10.2 Å². The monoisotopic (exact) mass is 495 g/mol. The average Bonchev–Trinajstić information content (AvgIpc) is 3.57. The molecule has 1 amide bonds. The van der Waals surface area contributed by atoms with Gasteiger partial charge >= 0.3 is 0 Å². The lowest BCUT2D eigenvalue weighted by Crippen LogP contribution is -2.48. The van der Waals surface area contributed by atoms with Crippen LogP contribution in [0.1, 0.15) is 5.56 Å². The van der Waals surface area contributed by atoms with Crippen molar-refractivity contribution in [3.8, 4) is 11.5 Å². The zero-order valence-corrected chi connectivity index (χ0v) is 20.3. The summed E-state index contributed by atoms with van der Waals surface area (Å²) in [6.07, 6.45) is 8.15. The average molecular weight is 496 g/mol. The standard InChI is InChI=1S/C26H25N9O2/c1-3-24(36)33-12-10-32(11-13-33)21-7-9-35-25(21)26(28-17-30-35)31-19-4-5-22(18(2)14-19)37-20-6-8-34-23(15-20)27-16-29-34/h3-9,14-17H,1,10-13H2,2H3,(H,28,30,31). The van der Waals surface area contributed by atoms with Crippen molar-refractivity contribution in [1.82, 2.24) is 34.1 Å². The summed E-state index contributed by atoms with van der Waals surface area (Å²) in [5.74, 6) is 2.10. The highest BCUT2D eigenvalue weighted by Crippen LogP contribution is 2.32. The third-order valence-electron chi connectivity index (χ3n) is 6.46. The molecular formula is C26H25N9O2. The molecule has 0 aliphatic carbocycles. The minimum absolute atomic E-state index is 0.0334. The molecule has 1 saturated heterocycles. The van der Waals surface area contributed by atoms with Crippen LogP contribution in [0.25, 0.3) is 11.2 Å². The van der Waals surface area contributed by atoms with Crippen LogP contribution >= 0.6 is 0 Å². The number of nitrogens with one attached hydrogen (secondary N) is 1. The van der Waals surface area contributed by atoms with Gasteiger partial charge in [0.1, 0.15) is 29.7 Å². The third kappa shape index (κ3) is 4.31. The molecule has 5 aromatic rings. The number of benzene rings is 1. The fourth-order valence-electron chi connectivity index (χ4n) is 4.55. The van der Waals surface area contributed by atoms with Crippen molar-refractivity contribution in [2.75, 3.05) is 36.4 Å². The number of carbonyl (C=O) groups excluding carboxylic acids is 1. The number of aryl methyl sites for hydroxylation is 1. The molecule has 37 heavy (non-hydrogen) atoms. The summed E-state index contributed by atoms with van der Waals surface area (Å²) in [6.45, 7) is 8.32. The van der Waals surface area contributed by atoms with Crippen LogP contribution in [0, 0.1) is 6.92 Å². The number of carbonyl (C=O) groups is 1. The van der Waals surface area contributed by atoms with E-state index in [1.807, 2.05) is 65.1 Å². The Kier molecular flexibility index (Phi) is 5.64. The minimum Gasteiger partial charge on any atom is -0.457 e. The Hall–Kier alpha value is -4.93. The van der Waals surface area contributed by atoms with Gasteiger partial charge in [0.05, 0.1) is 5.69 Å². The SMILES string of the molecule is C=CC(=O)N1CCN(c2ccn3ncnc(Nc4ccc(Oc5ccn6ncnc6c5)c(C)c4)c23)CC1. The van der Waals surface area contributed by atoms with Crippen LogP contribution in [-0.2, 0) is 4.79 Å². The second kappa shape index (κ2) is 9.26. The highest BCUT2D eigenvalue weighted by atomic mass is 16.5. The van der Waals surface area contributed by atoms with Gasteiger partial charge in [0.2, 0.25) is 5.91 Å². The van der Waals surface area contributed by atoms with E-state index in [9.17, 15) is 4.79 Å². The molecule has 11 heteroatoms. The van der Waals surface area contributed by atoms with Crippen LogP contribution in [0.4, 0.5) is 17.2 Å². The molecule has 4 aromatic heterocycles. The van der Waals surface area contributed by atoms with Crippen molar-refractivity contribution in [3.05, 3.63) is 79.7 Å². The topological polar surface area (TPSA) is 105 Å². The summed E-state index contributed by atoms with van der Waals surface area (Å²) in [4.78, 5) is 24.8. The van der Waals surface area contributed by atoms with Crippen LogP contribution in [0.2, 0.25) is 0 Å². The predicted octanol–water partition coefficient (Wildman–Crippen LogP) is 3.45. The smallest absolute Gasteiger partial charge is 0.246 e. The third-order valence-corrected chi connectivity index (χ3v) is 6.46. The molecule has 5 heterocycles. The molecule has 1 aromatic carbocycles. The molecule has 186 valence electrons. The van der Waals surface area contributed by atoms with E-state index in [1.165, 1.54) is 18.7 Å². The summed E-state index contributed by atoms with van der Waals surface area (Å²) in [7, 11) is 0. The van der Waals surface area contributed by atoms with Crippen molar-refractivity contribution in [2.24, 2.45) is 0 Å². The zero-order chi connectivity index (χ0) is 25.4. The summed E-state index contributed by atoms with van der Waals surface area (Å²) in [6, 6.07) is 11.6. The first kappa shape index (κ1) is 22.5. The van der Waals surface area contributed by atoms with Crippen LogP contribution in [0.5, 0.6) is 11.5 Å². The van der Waals surface area contributed by atoms with E-state index in [0.29, 0.717) is 24.7 Å². The number of fused-ring (bicyclic) bond motifs is 2. The van der Waals surface area contributed by atoms with Gasteiger partial charge in [-0.15, -0.1) is 0 Å². The number of piperazine rings is 1. The lowest BCUT2D eigenvalue weighted by Gasteiger charge is -2.35. The maximum Gasteiger partial charge on any atom is 0.246 e. The van der Waals surface area contributed by atoms with Gasteiger partial charge in [-0.25, -0.2) is 19.0 Å². The second-order valence-corrected chi connectivity index (χ2v) is 8.75. The van der Waals surface area contributed by atoms with E-state index < -0.39 is 0 Å². The fraction of sp³-hybridized carbons (Fsp3) is 0.192. The van der Waals surface area contributed by atoms with Crippen LogP contribution in [0.15, 0.2) is 74.1 Å². The van der Waals surface area contributed by atoms with Crippen LogP contribution < -0.4 is 15.0 Å². The number of nitrogens with zero attached hydrogens (tertiary/aromatic N) is 8. The van der Waals surface area contributed by atoms with E-state index in [1.54, 1.807) is 4.52 Å². The van der Waals surface area contributed by atoms with E-state index in [2.05, 4.69) is 37.0 Å². The second-order valence-electron chi connectivity index (χ2n) is 8.75. The molecular weight excluding hydrogens is 470 g/mol. The van der Waals surface area contributed by atoms with Crippen LogP contribution in [-0.4, -0.2) is 66.2 Å². The van der Waals surface area contributed by atoms with Crippen molar-refractivity contribution < 1.29 is 9.53 Å². The largest absolute Gasteiger partial charge is 0.457 e. The first-order chi connectivity index (χ1) is 18.1. The number of anilines is 3. The number of hydrogen-bond acceptors (Lipinski definition) is 8. The predicted molar refractivity (Wildman–Crippen MR) is 139 cm³/mol. The summed E-state index contributed by atoms with van der Waals surface area (Å²) in [5.41, 5.74) is 4.47. The number of rotatable bonds is 6. The quantitative estimate of drug-likeness (QED) is 0.357. The molecule has 0 unspecified atom stereocenters. The van der Waals surface area contributed by atoms with Gasteiger partial charge in [-0.3, -0.25) is 4.79 Å². The molecule has 0 bridgehead atoms. The normalized spacial score (nSPS) is 13.8. The highest BCUT2D eigenvalue weighted by molar-refractivity contribution is 5.88. The van der Waals surface area contributed by atoms with Gasteiger partial charge < -0.3 is 19.9 Å². The Morgan fingerprint density at radius 1 is 1.00 bits per heavy atom. The van der Waals surface area contributed by atoms with E-state index in [4.69, 9.17) is 4.74 Å². The Morgan fingerprint density at radius 3 is 2.59 bits per heavy atom. The van der Waals surface area contributed by atoms with Crippen molar-refractivity contribution in [2.45, 2.75) is 6.92 Å². The van der Waals surface area contributed by atoms with E-state index in [-0.39, 0.29) is 5.91 Å². The Morgan fingerprint density at radius 2 is 1.78 bits per heavy atom. The summed E-state index contributed by atoms with van der Waals surface area (Å²) in [5, 5.41) is 11.9. The van der Waals surface area contributed by atoms with Gasteiger partial charge in [0.25, 0.3) is 0 Å². The maximum absolute atomic E-state index is 12.0. The molecule has 1 N–H and O–H groups in total. The molecule has 0 atom stereocenters. The van der Waals surface area contributed by atoms with E-state index >= 15 is 0 Å². The lowest BCUT2D eigenvalue weighted by molar-refractivity contribution is -0.126. The lowest BCUT2D eigenvalue weighted by atomic mass is 10.2. The number of amides is 1. The Bertz CT molecular complexity index is 1620. The molecule has 1 aliphatic heterocycles. The number of ether oxygens (including phenoxy) is 1. The minimum atomic E-state index is -0.0334. The van der Waals surface area contributed by atoms with Crippen molar-refractivity contribution in [1.29, 1.82) is 0 Å². The highest BCUT2D eigenvalue weighted by Gasteiger charge is 2.23. The van der Waals surface area contributed by atoms with Crippen molar-refractivity contribution in [3.63, 3.8) is 0 Å². The first-order valence-electron chi connectivity index (χ1n) is 11.9. The fourth-order valence-corrected chi connectivity index (χ4v) is 4.55. The maximum atomic E-state index is 12.0. The summed E-state index contributed by atoms with van der Waals surface area (Å²) < 4.78 is 9.60. The summed E-state index contributed by atoms with van der Waals surface area (Å²) >= 11 is 0. The molecule has 0 spiro atoms. The molecule has 0 radical (unpaired) electrons. The molecule has 1 fully saturated rings. The molecule has 0 saturated carbocycles. The first-order valence-corrected chi connectivity index (χ1v) is 11.9. The number of hydrogen-bond donors (Lipinski definition) is 1.